The van der Waals surface area contributed by atoms with Gasteiger partial charge in [-0.1, -0.05) is 30.4 Å². The summed E-state index contributed by atoms with van der Waals surface area (Å²) in [7, 11) is 0. The summed E-state index contributed by atoms with van der Waals surface area (Å²) in [5, 5.41) is 18.4. The van der Waals surface area contributed by atoms with E-state index in [0.29, 0.717) is 11.3 Å². The number of halogens is 3. The molecule has 8 nitrogen and oxygen atoms in total. The lowest BCUT2D eigenvalue weighted by molar-refractivity contribution is -0.138. The van der Waals surface area contributed by atoms with E-state index < -0.39 is 48.1 Å². The number of carboxylic acids is 2. The van der Waals surface area contributed by atoms with Gasteiger partial charge < -0.3 is 24.3 Å². The molecule has 4 rings (SSSR count). The van der Waals surface area contributed by atoms with E-state index in [1.807, 2.05) is 0 Å². The molecule has 0 aliphatic carbocycles. The number of ketones is 1. The maximum atomic E-state index is 15.1. The second-order valence-electron chi connectivity index (χ2n) is 9.67. The van der Waals surface area contributed by atoms with Crippen molar-refractivity contribution in [1.29, 1.82) is 0 Å². The maximum absolute atomic E-state index is 15.1. The molecule has 228 valence electrons. The minimum atomic E-state index is -1.19. The summed E-state index contributed by atoms with van der Waals surface area (Å²) < 4.78 is 54.1. The van der Waals surface area contributed by atoms with Crippen LogP contribution < -0.4 is 9.47 Å². The Hall–Kier alpha value is -5.32. The molecule has 0 bridgehead atoms. The number of carbonyl (C=O) groups is 3. The van der Waals surface area contributed by atoms with E-state index in [1.54, 1.807) is 48.6 Å². The molecule has 1 aromatic heterocycles. The van der Waals surface area contributed by atoms with Gasteiger partial charge >= 0.3 is 11.9 Å². The molecule has 0 saturated carbocycles. The smallest absolute Gasteiger partial charge is 0.323 e. The summed E-state index contributed by atoms with van der Waals surface area (Å²) in [6.07, 6.45) is 5.89. The second kappa shape index (κ2) is 14.2. The Morgan fingerprint density at radius 1 is 0.818 bits per heavy atom. The number of Topliss-reactive ketones (excluding diaryl/α,β-unsaturated/α-hetero) is 1. The monoisotopic (exact) mass is 607 g/mol. The van der Waals surface area contributed by atoms with E-state index in [9.17, 15) is 28.3 Å². The molecular formula is C33H28F3NO7. The van der Waals surface area contributed by atoms with Crippen molar-refractivity contribution in [2.75, 3.05) is 13.2 Å². The Balaban J connectivity index is 1.47. The Bertz CT molecular complexity index is 1760. The minimum absolute atomic E-state index is 0.0253. The average Bonchev–Trinajstić information content (AvgIpc) is 3.28. The van der Waals surface area contributed by atoms with Crippen molar-refractivity contribution in [3.63, 3.8) is 0 Å². The zero-order valence-electron chi connectivity index (χ0n) is 23.6. The predicted octanol–water partition coefficient (Wildman–Crippen LogP) is 6.68. The molecule has 2 N–H and O–H groups in total. The number of rotatable bonds is 14. The van der Waals surface area contributed by atoms with Crippen molar-refractivity contribution >= 4 is 40.8 Å². The lowest BCUT2D eigenvalue weighted by Gasteiger charge is -2.08. The number of carbonyl (C=O) groups excluding carboxylic acids is 1. The van der Waals surface area contributed by atoms with Crippen LogP contribution in [0.15, 0.2) is 66.7 Å². The first-order valence-electron chi connectivity index (χ1n) is 13.5. The maximum Gasteiger partial charge on any atom is 0.323 e. The van der Waals surface area contributed by atoms with Gasteiger partial charge in [-0.2, -0.15) is 4.39 Å². The minimum Gasteiger partial charge on any atom is -0.490 e. The van der Waals surface area contributed by atoms with Gasteiger partial charge in [0.1, 0.15) is 31.3 Å². The first kappa shape index (κ1) is 31.6. The summed E-state index contributed by atoms with van der Waals surface area (Å²) >= 11 is 0. The number of fused-ring (bicyclic) bond motifs is 1. The molecule has 0 aliphatic heterocycles. The highest BCUT2D eigenvalue weighted by atomic mass is 19.2. The number of nitrogens with zero attached hydrogens (tertiary/aromatic N) is 1. The average molecular weight is 608 g/mol. The van der Waals surface area contributed by atoms with Crippen molar-refractivity contribution in [2.24, 2.45) is 0 Å². The lowest BCUT2D eigenvalue weighted by Crippen LogP contribution is -2.11. The van der Waals surface area contributed by atoms with Gasteiger partial charge in [0.15, 0.2) is 17.3 Å². The van der Waals surface area contributed by atoms with Crippen LogP contribution in [0.4, 0.5) is 13.2 Å². The van der Waals surface area contributed by atoms with Crippen molar-refractivity contribution in [3.05, 3.63) is 107 Å². The molecule has 44 heavy (non-hydrogen) atoms. The second-order valence-corrected chi connectivity index (χ2v) is 9.67. The van der Waals surface area contributed by atoms with Crippen molar-refractivity contribution < 1.29 is 47.2 Å². The zero-order chi connectivity index (χ0) is 31.8. The number of carboxylic acid groups (broad SMARTS) is 2. The summed E-state index contributed by atoms with van der Waals surface area (Å²) in [4.78, 5) is 35.5. The third-order valence-corrected chi connectivity index (χ3v) is 6.68. The Morgan fingerprint density at radius 2 is 1.52 bits per heavy atom. The quantitative estimate of drug-likeness (QED) is 0.0933. The van der Waals surface area contributed by atoms with Gasteiger partial charge in [-0.15, -0.1) is 0 Å². The van der Waals surface area contributed by atoms with Gasteiger partial charge in [-0.25, -0.2) is 8.78 Å². The third-order valence-electron chi connectivity index (χ3n) is 6.68. The van der Waals surface area contributed by atoms with Crippen LogP contribution in [0.25, 0.3) is 23.1 Å². The molecule has 0 radical (unpaired) electrons. The fraction of sp³-hybridized carbons (Fsp3) is 0.182. The molecule has 1 heterocycles. The largest absolute Gasteiger partial charge is 0.490 e. The van der Waals surface area contributed by atoms with Gasteiger partial charge in [0.25, 0.3) is 0 Å². The highest BCUT2D eigenvalue weighted by Gasteiger charge is 2.25. The number of hydrogen-bond acceptors (Lipinski definition) is 5. The highest BCUT2D eigenvalue weighted by molar-refractivity contribution is 6.12. The lowest BCUT2D eigenvalue weighted by atomic mass is 10.0. The van der Waals surface area contributed by atoms with Crippen LogP contribution in [0.1, 0.15) is 40.0 Å². The Labute approximate surface area is 250 Å². The molecule has 0 fully saturated rings. The van der Waals surface area contributed by atoms with Crippen LogP contribution >= 0.6 is 0 Å². The summed E-state index contributed by atoms with van der Waals surface area (Å²) in [5.41, 5.74) is 1.64. The number of aromatic nitrogens is 1. The summed E-state index contributed by atoms with van der Waals surface area (Å²) in [6.45, 7) is 1.21. The van der Waals surface area contributed by atoms with Crippen LogP contribution in [-0.2, 0) is 16.1 Å². The number of aliphatic carboxylic acids is 2. The molecule has 0 saturated heterocycles. The SMILES string of the molecule is Cc1c(C(=O)CCC(=O)O)c2c(F)ccc(C=Cc3ccc(OCC=CCOc4cccc(F)c4F)cc3)c2n1CC(=O)O. The van der Waals surface area contributed by atoms with Crippen molar-refractivity contribution in [2.45, 2.75) is 26.3 Å². The number of ether oxygens (including phenoxy) is 2. The molecule has 0 amide bonds. The number of benzene rings is 3. The fourth-order valence-electron chi connectivity index (χ4n) is 4.62. The van der Waals surface area contributed by atoms with Crippen LogP contribution in [0, 0.1) is 24.4 Å². The van der Waals surface area contributed by atoms with Crippen LogP contribution in [-0.4, -0.2) is 45.7 Å². The van der Waals surface area contributed by atoms with Crippen LogP contribution in [0.3, 0.4) is 0 Å². The van der Waals surface area contributed by atoms with E-state index in [1.165, 1.54) is 35.8 Å². The van der Waals surface area contributed by atoms with Crippen molar-refractivity contribution in [3.8, 4) is 11.5 Å². The van der Waals surface area contributed by atoms with E-state index in [0.717, 1.165) is 11.6 Å². The molecule has 0 spiro atoms. The van der Waals surface area contributed by atoms with E-state index >= 15 is 4.39 Å². The molecule has 0 aliphatic rings. The van der Waals surface area contributed by atoms with Crippen LogP contribution in [0.5, 0.6) is 11.5 Å². The molecule has 3 aromatic carbocycles. The summed E-state index contributed by atoms with van der Waals surface area (Å²) in [5.74, 6) is -5.33. The molecular weight excluding hydrogens is 579 g/mol. The number of hydrogen-bond donors (Lipinski definition) is 2. The fourth-order valence-corrected chi connectivity index (χ4v) is 4.62. The molecule has 0 atom stereocenters. The molecule has 11 heteroatoms. The third kappa shape index (κ3) is 7.54. The van der Waals surface area contributed by atoms with Gasteiger partial charge in [0.05, 0.1) is 11.9 Å². The van der Waals surface area contributed by atoms with Crippen LogP contribution in [0.2, 0.25) is 0 Å². The normalized spacial score (nSPS) is 11.5. The zero-order valence-corrected chi connectivity index (χ0v) is 23.6. The van der Waals surface area contributed by atoms with E-state index in [-0.39, 0.29) is 47.5 Å². The first-order valence-corrected chi connectivity index (χ1v) is 13.5. The standard InChI is InChI=1S/C33H28F3NO7/c1-20-30(26(38)15-16-28(39)40)31-24(34)14-11-22(33(31)37(20)19-29(41)42)10-7-21-8-12-23(13-9-21)43-17-2-3-18-44-27-6-4-5-25(35)32(27)36/h2-14H,15-19H2,1H3,(H,39,40)(H,41,42). The topological polar surface area (TPSA) is 115 Å². The van der Waals surface area contributed by atoms with E-state index in [2.05, 4.69) is 0 Å². The van der Waals surface area contributed by atoms with Gasteiger partial charge in [-0.3, -0.25) is 14.4 Å². The van der Waals surface area contributed by atoms with Gasteiger partial charge in [-0.05, 0) is 66.6 Å². The Morgan fingerprint density at radius 3 is 2.20 bits per heavy atom. The van der Waals surface area contributed by atoms with E-state index in [4.69, 9.17) is 14.6 Å². The van der Waals surface area contributed by atoms with Crippen molar-refractivity contribution in [1.82, 2.24) is 4.57 Å². The van der Waals surface area contributed by atoms with Gasteiger partial charge in [0, 0.05) is 23.1 Å². The summed E-state index contributed by atoms with van der Waals surface area (Å²) in [6, 6.07) is 13.3. The molecule has 0 unspecified atom stereocenters. The Kier molecular flexibility index (Phi) is 10.2. The highest BCUT2D eigenvalue weighted by Crippen LogP contribution is 2.33. The first-order chi connectivity index (χ1) is 21.1. The molecule has 4 aromatic rings. The van der Waals surface area contributed by atoms with Gasteiger partial charge in [0.2, 0.25) is 5.82 Å². The predicted molar refractivity (Wildman–Crippen MR) is 157 cm³/mol.